The van der Waals surface area contributed by atoms with Crippen LogP contribution < -0.4 is 0 Å². The van der Waals surface area contributed by atoms with Crippen LogP contribution in [0.2, 0.25) is 0 Å². The molecule has 0 bridgehead atoms. The van der Waals surface area contributed by atoms with Crippen molar-refractivity contribution in [1.82, 2.24) is 4.37 Å². The van der Waals surface area contributed by atoms with Crippen LogP contribution in [0, 0.1) is 14.2 Å². The molecule has 1 heterocycles. The van der Waals surface area contributed by atoms with Gasteiger partial charge < -0.3 is 0 Å². The maximum atomic E-state index is 4.14. The molecular formula is C4H3I2NS. The van der Waals surface area contributed by atoms with Crippen molar-refractivity contribution in [2.24, 2.45) is 0 Å². The van der Waals surface area contributed by atoms with E-state index in [9.17, 15) is 0 Å². The van der Waals surface area contributed by atoms with Crippen LogP contribution in [-0.4, -0.2) is 4.37 Å². The summed E-state index contributed by atoms with van der Waals surface area (Å²) in [5.41, 5.74) is 0. The fraction of sp³-hybridized carbons (Fsp3) is 0.250. The second kappa shape index (κ2) is 2.78. The minimum absolute atomic E-state index is 1.13. The monoisotopic (exact) mass is 351 g/mol. The van der Waals surface area contributed by atoms with Crippen LogP contribution in [0.1, 0.15) is 4.88 Å². The molecule has 0 saturated carbocycles. The standard InChI is InChI=1S/C4H3I2NS/c1-2-3(5)4(6)7-8-2/h1H3. The predicted octanol–water partition coefficient (Wildman–Crippen LogP) is 2.66. The van der Waals surface area contributed by atoms with Gasteiger partial charge in [-0.2, -0.15) is 4.37 Å². The average molecular weight is 351 g/mol. The van der Waals surface area contributed by atoms with E-state index in [4.69, 9.17) is 0 Å². The van der Waals surface area contributed by atoms with E-state index in [0.717, 1.165) is 3.70 Å². The number of halogens is 2. The third-order valence-corrected chi connectivity index (χ3v) is 5.33. The molecule has 0 saturated heterocycles. The van der Waals surface area contributed by atoms with Gasteiger partial charge in [-0.25, -0.2) is 0 Å². The van der Waals surface area contributed by atoms with Gasteiger partial charge in [0.1, 0.15) is 3.70 Å². The van der Waals surface area contributed by atoms with Gasteiger partial charge in [0.2, 0.25) is 0 Å². The van der Waals surface area contributed by atoms with E-state index in [1.165, 1.54) is 8.45 Å². The molecular weight excluding hydrogens is 348 g/mol. The van der Waals surface area contributed by atoms with Crippen molar-refractivity contribution in [3.63, 3.8) is 0 Å². The predicted molar refractivity (Wildman–Crippen MR) is 52.3 cm³/mol. The molecule has 1 aromatic heterocycles. The highest BCUT2D eigenvalue weighted by molar-refractivity contribution is 14.1. The van der Waals surface area contributed by atoms with Gasteiger partial charge in [0.05, 0.1) is 3.57 Å². The van der Waals surface area contributed by atoms with Crippen LogP contribution in [0.4, 0.5) is 0 Å². The molecule has 1 aromatic rings. The summed E-state index contributed by atoms with van der Waals surface area (Å²) in [6.45, 7) is 2.08. The Morgan fingerprint density at radius 3 is 2.25 bits per heavy atom. The molecule has 0 radical (unpaired) electrons. The molecule has 0 atom stereocenters. The van der Waals surface area contributed by atoms with Crippen molar-refractivity contribution < 1.29 is 0 Å². The van der Waals surface area contributed by atoms with Gasteiger partial charge in [-0.1, -0.05) is 0 Å². The maximum Gasteiger partial charge on any atom is 0.128 e. The molecule has 0 aromatic carbocycles. The molecule has 44 valence electrons. The van der Waals surface area contributed by atoms with E-state index in [-0.39, 0.29) is 0 Å². The van der Waals surface area contributed by atoms with Crippen LogP contribution in [0.15, 0.2) is 0 Å². The summed E-state index contributed by atoms with van der Waals surface area (Å²) in [6, 6.07) is 0. The zero-order chi connectivity index (χ0) is 6.15. The molecule has 4 heteroatoms. The number of aromatic nitrogens is 1. The quantitative estimate of drug-likeness (QED) is 0.655. The van der Waals surface area contributed by atoms with Crippen molar-refractivity contribution in [3.8, 4) is 0 Å². The Hall–Kier alpha value is 1.09. The summed E-state index contributed by atoms with van der Waals surface area (Å²) < 4.78 is 6.57. The van der Waals surface area contributed by atoms with Crippen molar-refractivity contribution in [3.05, 3.63) is 12.1 Å². The van der Waals surface area contributed by atoms with Gasteiger partial charge in [-0.3, -0.25) is 0 Å². The van der Waals surface area contributed by atoms with Crippen molar-refractivity contribution >= 4 is 56.7 Å². The van der Waals surface area contributed by atoms with Gasteiger partial charge in [-0.05, 0) is 63.6 Å². The second-order valence-corrected chi connectivity index (χ2v) is 4.42. The molecule has 0 fully saturated rings. The molecule has 0 spiro atoms. The Balaban J connectivity index is 3.19. The van der Waals surface area contributed by atoms with Crippen LogP contribution in [0.5, 0.6) is 0 Å². The minimum atomic E-state index is 1.13. The SMILES string of the molecule is Cc1snc(I)c1I. The number of hydrogen-bond donors (Lipinski definition) is 0. The Labute approximate surface area is 79.3 Å². The molecule has 0 unspecified atom stereocenters. The summed E-state index contributed by atoms with van der Waals surface area (Å²) in [4.78, 5) is 1.31. The zero-order valence-electron chi connectivity index (χ0n) is 4.11. The van der Waals surface area contributed by atoms with E-state index in [0.29, 0.717) is 0 Å². The minimum Gasteiger partial charge on any atom is -0.185 e. The average Bonchev–Trinajstić information content (AvgIpc) is 1.98. The third-order valence-electron chi connectivity index (χ3n) is 0.753. The number of rotatable bonds is 0. The first-order chi connectivity index (χ1) is 3.72. The molecule has 0 amide bonds. The number of hydrogen-bond acceptors (Lipinski definition) is 2. The lowest BCUT2D eigenvalue weighted by molar-refractivity contribution is 1.44. The Bertz CT molecular complexity index is 176. The molecule has 1 nitrogen and oxygen atoms in total. The van der Waals surface area contributed by atoms with E-state index >= 15 is 0 Å². The first-order valence-corrected chi connectivity index (χ1v) is 4.92. The highest BCUT2D eigenvalue weighted by atomic mass is 127. The van der Waals surface area contributed by atoms with E-state index in [1.807, 2.05) is 0 Å². The fourth-order valence-electron chi connectivity index (χ4n) is 0.334. The summed E-state index contributed by atoms with van der Waals surface area (Å²) >= 11 is 6.11. The molecule has 1 rings (SSSR count). The molecule has 0 aliphatic carbocycles. The number of nitrogens with zero attached hydrogens (tertiary/aromatic N) is 1. The molecule has 0 aliphatic heterocycles. The van der Waals surface area contributed by atoms with E-state index in [1.54, 1.807) is 11.5 Å². The van der Waals surface area contributed by atoms with Gasteiger partial charge in [0.25, 0.3) is 0 Å². The third kappa shape index (κ3) is 1.32. The maximum absolute atomic E-state index is 4.14. The first kappa shape index (κ1) is 7.20. The van der Waals surface area contributed by atoms with Crippen molar-refractivity contribution in [2.45, 2.75) is 6.92 Å². The lowest BCUT2D eigenvalue weighted by Gasteiger charge is -1.79. The zero-order valence-corrected chi connectivity index (χ0v) is 9.24. The molecule has 0 N–H and O–H groups in total. The molecule has 0 aliphatic rings. The Kier molecular flexibility index (Phi) is 2.50. The topological polar surface area (TPSA) is 12.9 Å². The van der Waals surface area contributed by atoms with Crippen LogP contribution in [0.3, 0.4) is 0 Å². The molecule has 8 heavy (non-hydrogen) atoms. The van der Waals surface area contributed by atoms with E-state index < -0.39 is 0 Å². The lowest BCUT2D eigenvalue weighted by atomic mass is 10.6. The first-order valence-electron chi connectivity index (χ1n) is 1.99. The highest BCUT2D eigenvalue weighted by Gasteiger charge is 2.01. The van der Waals surface area contributed by atoms with Crippen molar-refractivity contribution in [1.29, 1.82) is 0 Å². The van der Waals surface area contributed by atoms with Crippen LogP contribution in [0.25, 0.3) is 0 Å². The Morgan fingerprint density at radius 1 is 1.50 bits per heavy atom. The van der Waals surface area contributed by atoms with E-state index in [2.05, 4.69) is 56.5 Å². The second-order valence-electron chi connectivity index (χ2n) is 1.34. The largest absolute Gasteiger partial charge is 0.185 e. The van der Waals surface area contributed by atoms with Crippen molar-refractivity contribution in [2.75, 3.05) is 0 Å². The Morgan fingerprint density at radius 2 is 2.12 bits per heavy atom. The van der Waals surface area contributed by atoms with Gasteiger partial charge in [-0.15, -0.1) is 0 Å². The lowest BCUT2D eigenvalue weighted by Crippen LogP contribution is -1.70. The summed E-state index contributed by atoms with van der Waals surface area (Å²) in [5.74, 6) is 0. The summed E-state index contributed by atoms with van der Waals surface area (Å²) in [5, 5.41) is 0. The fourth-order valence-corrected chi connectivity index (χ4v) is 2.28. The number of aryl methyl sites for hydroxylation is 1. The summed E-state index contributed by atoms with van der Waals surface area (Å²) in [6.07, 6.45) is 0. The smallest absolute Gasteiger partial charge is 0.128 e. The highest BCUT2D eigenvalue weighted by Crippen LogP contribution is 2.20. The normalized spacial score (nSPS) is 9.88. The van der Waals surface area contributed by atoms with Crippen LogP contribution in [-0.2, 0) is 0 Å². The van der Waals surface area contributed by atoms with Gasteiger partial charge in [0.15, 0.2) is 0 Å². The van der Waals surface area contributed by atoms with Gasteiger partial charge >= 0.3 is 0 Å². The summed E-state index contributed by atoms with van der Waals surface area (Å²) in [7, 11) is 0. The van der Waals surface area contributed by atoms with Crippen LogP contribution >= 0.6 is 56.7 Å². The van der Waals surface area contributed by atoms with Gasteiger partial charge in [0, 0.05) is 4.88 Å².